The first kappa shape index (κ1) is 9.56. The molecular weight excluding hydrogens is 178 g/mol. The van der Waals surface area contributed by atoms with Crippen molar-refractivity contribution in [3.05, 3.63) is 11.8 Å². The minimum atomic E-state index is -0.389. The Balaban J connectivity index is 2.00. The van der Waals surface area contributed by atoms with Gasteiger partial charge in [-0.2, -0.15) is 0 Å². The second kappa shape index (κ2) is 3.01. The van der Waals surface area contributed by atoms with Crippen molar-refractivity contribution >= 4 is 6.09 Å². The molecule has 1 fully saturated rings. The van der Waals surface area contributed by atoms with Crippen LogP contribution in [0.5, 0.6) is 0 Å². The van der Waals surface area contributed by atoms with Gasteiger partial charge in [0, 0.05) is 12.2 Å². The molecule has 2 aliphatic rings. The van der Waals surface area contributed by atoms with Crippen LogP contribution in [0.1, 0.15) is 33.6 Å². The summed E-state index contributed by atoms with van der Waals surface area (Å²) >= 11 is 0. The van der Waals surface area contributed by atoms with Crippen LogP contribution in [0.25, 0.3) is 0 Å². The van der Waals surface area contributed by atoms with Gasteiger partial charge in [-0.3, -0.25) is 4.90 Å². The van der Waals surface area contributed by atoms with Crippen molar-refractivity contribution in [2.45, 2.75) is 39.2 Å². The summed E-state index contributed by atoms with van der Waals surface area (Å²) in [5.41, 5.74) is 0.767. The molecular formula is C11H17NO2. The number of nitrogens with zero attached hydrogens (tertiary/aromatic N) is 1. The molecule has 1 aliphatic heterocycles. The predicted molar refractivity (Wildman–Crippen MR) is 53.7 cm³/mol. The smallest absolute Gasteiger partial charge is 0.414 e. The standard InChI is InChI=1S/C11H17NO2/c1-11(2,3)14-10(13)12-7-8-4-5-9(12)6-8/h5,8H,4,6-7H2,1-3H3. The first-order chi connectivity index (χ1) is 6.46. The number of ether oxygens (including phenoxy) is 1. The van der Waals surface area contributed by atoms with Crippen molar-refractivity contribution in [1.82, 2.24) is 4.90 Å². The monoisotopic (exact) mass is 195 g/mol. The van der Waals surface area contributed by atoms with E-state index in [1.54, 1.807) is 4.90 Å². The maximum absolute atomic E-state index is 11.7. The molecule has 1 atom stereocenters. The lowest BCUT2D eigenvalue weighted by Gasteiger charge is -2.26. The third-order valence-corrected chi connectivity index (χ3v) is 2.59. The minimum absolute atomic E-state index is 0.189. The molecule has 0 radical (unpaired) electrons. The Bertz CT molecular complexity index is 288. The summed E-state index contributed by atoms with van der Waals surface area (Å²) in [5.74, 6) is 0.650. The van der Waals surface area contributed by atoms with Crippen molar-refractivity contribution < 1.29 is 9.53 Å². The Kier molecular flexibility index (Phi) is 2.05. The highest BCUT2D eigenvalue weighted by atomic mass is 16.6. The topological polar surface area (TPSA) is 29.5 Å². The van der Waals surface area contributed by atoms with E-state index in [-0.39, 0.29) is 11.7 Å². The highest BCUT2D eigenvalue weighted by Gasteiger charge is 2.36. The first-order valence-corrected chi connectivity index (χ1v) is 5.15. The number of carbonyl (C=O) groups is 1. The lowest BCUT2D eigenvalue weighted by atomic mass is 10.1. The Morgan fingerprint density at radius 2 is 2.29 bits per heavy atom. The van der Waals surface area contributed by atoms with E-state index in [0.29, 0.717) is 5.92 Å². The average molecular weight is 195 g/mol. The molecule has 14 heavy (non-hydrogen) atoms. The van der Waals surface area contributed by atoms with E-state index >= 15 is 0 Å². The lowest BCUT2D eigenvalue weighted by molar-refractivity contribution is 0.0324. The van der Waals surface area contributed by atoms with Crippen molar-refractivity contribution in [2.75, 3.05) is 6.54 Å². The normalized spacial score (nSPS) is 25.2. The van der Waals surface area contributed by atoms with Gasteiger partial charge in [-0.15, -0.1) is 0 Å². The van der Waals surface area contributed by atoms with Gasteiger partial charge in [0.15, 0.2) is 0 Å². The molecule has 78 valence electrons. The van der Waals surface area contributed by atoms with Gasteiger partial charge in [0.05, 0.1) is 0 Å². The lowest BCUT2D eigenvalue weighted by Crippen LogP contribution is -2.35. The molecule has 0 aromatic heterocycles. The SMILES string of the molecule is CC(C)(C)OC(=O)N1CC2CC=C1C2. The van der Waals surface area contributed by atoms with Crippen LogP contribution in [0.2, 0.25) is 0 Å². The van der Waals surface area contributed by atoms with Crippen LogP contribution < -0.4 is 0 Å². The average Bonchev–Trinajstić information content (AvgIpc) is 2.59. The third-order valence-electron chi connectivity index (χ3n) is 2.59. The van der Waals surface area contributed by atoms with Gasteiger partial charge < -0.3 is 4.74 Å². The zero-order chi connectivity index (χ0) is 10.3. The Labute approximate surface area is 84.7 Å². The third kappa shape index (κ3) is 1.76. The van der Waals surface area contributed by atoms with Crippen molar-refractivity contribution in [3.8, 4) is 0 Å². The summed E-state index contributed by atoms with van der Waals surface area (Å²) in [4.78, 5) is 13.5. The van der Waals surface area contributed by atoms with Gasteiger partial charge >= 0.3 is 6.09 Å². The molecule has 1 aliphatic carbocycles. The van der Waals surface area contributed by atoms with E-state index in [1.807, 2.05) is 20.8 Å². The number of amides is 1. The second-order valence-electron chi connectivity index (χ2n) is 5.09. The van der Waals surface area contributed by atoms with E-state index in [1.165, 1.54) is 0 Å². The fourth-order valence-electron chi connectivity index (χ4n) is 2.01. The van der Waals surface area contributed by atoms with Crippen LogP contribution in [-0.4, -0.2) is 23.1 Å². The molecule has 2 bridgehead atoms. The zero-order valence-corrected chi connectivity index (χ0v) is 9.04. The molecule has 1 heterocycles. The van der Waals surface area contributed by atoms with Gasteiger partial charge in [-0.05, 0) is 39.5 Å². The van der Waals surface area contributed by atoms with Crippen LogP contribution in [0.3, 0.4) is 0 Å². The second-order valence-corrected chi connectivity index (χ2v) is 5.09. The largest absolute Gasteiger partial charge is 0.443 e. The molecule has 3 heteroatoms. The molecule has 0 N–H and O–H groups in total. The number of allylic oxidation sites excluding steroid dienone is 2. The maximum atomic E-state index is 11.7. The molecule has 0 spiro atoms. The summed E-state index contributed by atoms with van der Waals surface area (Å²) in [5, 5.41) is 0. The molecule has 0 aromatic carbocycles. The summed E-state index contributed by atoms with van der Waals surface area (Å²) in [6, 6.07) is 0. The quantitative estimate of drug-likeness (QED) is 0.594. The van der Waals surface area contributed by atoms with E-state index in [4.69, 9.17) is 4.74 Å². The Morgan fingerprint density at radius 3 is 2.71 bits per heavy atom. The number of likely N-dealkylation sites (tertiary alicyclic amines) is 1. The van der Waals surface area contributed by atoms with Crippen LogP contribution in [0.4, 0.5) is 4.79 Å². The summed E-state index contributed by atoms with van der Waals surface area (Å²) in [6.45, 7) is 6.54. The fraction of sp³-hybridized carbons (Fsp3) is 0.727. The van der Waals surface area contributed by atoms with Crippen LogP contribution in [-0.2, 0) is 4.74 Å². The van der Waals surface area contributed by atoms with Crippen molar-refractivity contribution in [3.63, 3.8) is 0 Å². The highest BCUT2D eigenvalue weighted by molar-refractivity contribution is 5.71. The van der Waals surface area contributed by atoms with Gasteiger partial charge in [0.25, 0.3) is 0 Å². The van der Waals surface area contributed by atoms with E-state index in [0.717, 1.165) is 25.1 Å². The predicted octanol–water partition coefficient (Wildman–Crippen LogP) is 2.53. The van der Waals surface area contributed by atoms with Crippen LogP contribution in [0, 0.1) is 5.92 Å². The highest BCUT2D eigenvalue weighted by Crippen LogP contribution is 2.36. The summed E-state index contributed by atoms with van der Waals surface area (Å²) < 4.78 is 5.32. The van der Waals surface area contributed by atoms with Crippen LogP contribution in [0.15, 0.2) is 11.8 Å². The molecule has 1 unspecified atom stereocenters. The van der Waals surface area contributed by atoms with Crippen molar-refractivity contribution in [2.24, 2.45) is 5.92 Å². The van der Waals surface area contributed by atoms with Gasteiger partial charge in [0.2, 0.25) is 0 Å². The molecule has 3 nitrogen and oxygen atoms in total. The number of hydrogen-bond acceptors (Lipinski definition) is 2. The summed E-state index contributed by atoms with van der Waals surface area (Å²) in [6.07, 6.45) is 4.15. The molecule has 0 aromatic rings. The fourth-order valence-corrected chi connectivity index (χ4v) is 2.01. The number of carbonyl (C=O) groups excluding carboxylic acids is 1. The molecule has 2 rings (SSSR count). The van der Waals surface area contributed by atoms with Gasteiger partial charge in [0.1, 0.15) is 5.60 Å². The first-order valence-electron chi connectivity index (χ1n) is 5.15. The van der Waals surface area contributed by atoms with Crippen molar-refractivity contribution in [1.29, 1.82) is 0 Å². The zero-order valence-electron chi connectivity index (χ0n) is 9.04. The summed E-state index contributed by atoms with van der Waals surface area (Å²) in [7, 11) is 0. The maximum Gasteiger partial charge on any atom is 0.414 e. The number of fused-ring (bicyclic) bond motifs is 2. The minimum Gasteiger partial charge on any atom is -0.443 e. The molecule has 1 amide bonds. The Morgan fingerprint density at radius 1 is 1.57 bits per heavy atom. The van der Waals surface area contributed by atoms with Gasteiger partial charge in [-0.1, -0.05) is 6.08 Å². The molecule has 0 saturated carbocycles. The van der Waals surface area contributed by atoms with Crippen LogP contribution >= 0.6 is 0 Å². The van der Waals surface area contributed by atoms with E-state index in [2.05, 4.69) is 6.08 Å². The van der Waals surface area contributed by atoms with E-state index < -0.39 is 0 Å². The number of rotatable bonds is 0. The molecule has 1 saturated heterocycles. The van der Waals surface area contributed by atoms with Gasteiger partial charge in [-0.25, -0.2) is 4.79 Å². The number of hydrogen-bond donors (Lipinski definition) is 0. The Hall–Kier alpha value is -0.990. The van der Waals surface area contributed by atoms with E-state index in [9.17, 15) is 4.79 Å².